The van der Waals surface area contributed by atoms with Crippen molar-refractivity contribution in [3.05, 3.63) is 53.7 Å². The summed E-state index contributed by atoms with van der Waals surface area (Å²) in [6.07, 6.45) is 3.91. The highest BCUT2D eigenvalue weighted by atomic mass is 19.1. The molecule has 1 aliphatic rings. The molecular weight excluding hydrogens is 255 g/mol. The van der Waals surface area contributed by atoms with Crippen LogP contribution < -0.4 is 10.2 Å². The average Bonchev–Trinajstić information content (AvgIpc) is 3.15. The highest BCUT2D eigenvalue weighted by Gasteiger charge is 2.31. The van der Waals surface area contributed by atoms with Gasteiger partial charge in [0.05, 0.1) is 18.5 Å². The monoisotopic (exact) mass is 274 g/mol. The number of rotatable bonds is 6. The second-order valence-electron chi connectivity index (χ2n) is 5.25. The summed E-state index contributed by atoms with van der Waals surface area (Å²) in [7, 11) is 1.86. The molecule has 0 aliphatic heterocycles. The number of furan rings is 1. The molecule has 20 heavy (non-hydrogen) atoms. The lowest BCUT2D eigenvalue weighted by atomic mass is 10.1. The van der Waals surface area contributed by atoms with Crippen LogP contribution in [0.5, 0.6) is 0 Å². The summed E-state index contributed by atoms with van der Waals surface area (Å²) < 4.78 is 19.7. The van der Waals surface area contributed by atoms with Crippen molar-refractivity contribution in [2.24, 2.45) is 0 Å². The number of benzene rings is 1. The quantitative estimate of drug-likeness (QED) is 0.876. The van der Waals surface area contributed by atoms with Crippen LogP contribution in [-0.4, -0.2) is 13.1 Å². The SMILES string of the molecule is CNCc1ccc(N(Cc2ccco2)C2CC2)c(F)c1. The maximum Gasteiger partial charge on any atom is 0.146 e. The van der Waals surface area contributed by atoms with Crippen LogP contribution in [0.15, 0.2) is 41.0 Å². The number of hydrogen-bond acceptors (Lipinski definition) is 3. The van der Waals surface area contributed by atoms with Crippen LogP contribution in [0.4, 0.5) is 10.1 Å². The molecule has 0 atom stereocenters. The third-order valence-corrected chi connectivity index (χ3v) is 3.60. The molecule has 3 nitrogen and oxygen atoms in total. The van der Waals surface area contributed by atoms with Crippen molar-refractivity contribution in [2.75, 3.05) is 11.9 Å². The van der Waals surface area contributed by atoms with Gasteiger partial charge in [-0.05, 0) is 49.7 Å². The van der Waals surface area contributed by atoms with Gasteiger partial charge in [-0.15, -0.1) is 0 Å². The first-order chi connectivity index (χ1) is 9.78. The molecule has 1 aromatic carbocycles. The molecule has 106 valence electrons. The molecule has 2 aromatic rings. The van der Waals surface area contributed by atoms with E-state index >= 15 is 0 Å². The second kappa shape index (κ2) is 5.67. The molecule has 1 heterocycles. The van der Waals surface area contributed by atoms with E-state index in [9.17, 15) is 4.39 Å². The van der Waals surface area contributed by atoms with Gasteiger partial charge in [-0.2, -0.15) is 0 Å². The maximum absolute atomic E-state index is 14.3. The van der Waals surface area contributed by atoms with E-state index in [1.165, 1.54) is 0 Å². The fraction of sp³-hybridized carbons (Fsp3) is 0.375. The highest BCUT2D eigenvalue weighted by molar-refractivity contribution is 5.51. The first kappa shape index (κ1) is 13.2. The molecule has 0 radical (unpaired) electrons. The maximum atomic E-state index is 14.3. The molecular formula is C16H19FN2O. The number of nitrogens with one attached hydrogen (secondary N) is 1. The third-order valence-electron chi connectivity index (χ3n) is 3.60. The number of anilines is 1. The normalized spacial score (nSPS) is 14.5. The molecule has 0 amide bonds. The van der Waals surface area contributed by atoms with E-state index in [0.717, 1.165) is 24.2 Å². The summed E-state index contributed by atoms with van der Waals surface area (Å²) in [5.41, 5.74) is 1.63. The van der Waals surface area contributed by atoms with E-state index in [4.69, 9.17) is 4.42 Å². The standard InChI is InChI=1S/C16H19FN2O/c1-18-10-12-4-7-16(15(17)9-12)19(13-5-6-13)11-14-3-2-8-20-14/h2-4,7-9,13,18H,5-6,10-11H2,1H3. The van der Waals surface area contributed by atoms with Crippen molar-refractivity contribution in [3.63, 3.8) is 0 Å². The summed E-state index contributed by atoms with van der Waals surface area (Å²) in [6, 6.07) is 9.71. The summed E-state index contributed by atoms with van der Waals surface area (Å²) >= 11 is 0. The Morgan fingerprint density at radius 3 is 2.80 bits per heavy atom. The van der Waals surface area contributed by atoms with Crippen LogP contribution in [0.25, 0.3) is 0 Å². The van der Waals surface area contributed by atoms with Gasteiger partial charge in [0.2, 0.25) is 0 Å². The summed E-state index contributed by atoms with van der Waals surface area (Å²) in [4.78, 5) is 2.11. The Labute approximate surface area is 118 Å². The van der Waals surface area contributed by atoms with Crippen LogP contribution in [0.3, 0.4) is 0 Å². The van der Waals surface area contributed by atoms with Crippen LogP contribution in [0.1, 0.15) is 24.2 Å². The number of nitrogens with zero attached hydrogens (tertiary/aromatic N) is 1. The van der Waals surface area contributed by atoms with Crippen LogP contribution in [0.2, 0.25) is 0 Å². The first-order valence-electron chi connectivity index (χ1n) is 7.00. The smallest absolute Gasteiger partial charge is 0.146 e. The van der Waals surface area contributed by atoms with Gasteiger partial charge in [0.1, 0.15) is 11.6 Å². The Kier molecular flexibility index (Phi) is 3.74. The van der Waals surface area contributed by atoms with E-state index in [0.29, 0.717) is 24.8 Å². The van der Waals surface area contributed by atoms with Crippen molar-refractivity contribution in [2.45, 2.75) is 32.0 Å². The molecule has 1 fully saturated rings. The van der Waals surface area contributed by atoms with Gasteiger partial charge in [0.15, 0.2) is 0 Å². The molecule has 0 unspecified atom stereocenters. The Morgan fingerprint density at radius 1 is 1.35 bits per heavy atom. The zero-order chi connectivity index (χ0) is 13.9. The topological polar surface area (TPSA) is 28.4 Å². The highest BCUT2D eigenvalue weighted by Crippen LogP contribution is 2.34. The number of halogens is 1. The van der Waals surface area contributed by atoms with Gasteiger partial charge in [-0.1, -0.05) is 6.07 Å². The minimum atomic E-state index is -0.156. The fourth-order valence-electron chi connectivity index (χ4n) is 2.47. The Hall–Kier alpha value is -1.81. The summed E-state index contributed by atoms with van der Waals surface area (Å²) in [6.45, 7) is 1.30. The minimum Gasteiger partial charge on any atom is -0.467 e. The zero-order valence-corrected chi connectivity index (χ0v) is 11.6. The number of hydrogen-bond donors (Lipinski definition) is 1. The van der Waals surface area contributed by atoms with Gasteiger partial charge in [0, 0.05) is 12.6 Å². The van der Waals surface area contributed by atoms with Crippen molar-refractivity contribution in [3.8, 4) is 0 Å². The third kappa shape index (κ3) is 2.85. The van der Waals surface area contributed by atoms with E-state index in [-0.39, 0.29) is 5.82 Å². The van der Waals surface area contributed by atoms with Crippen LogP contribution >= 0.6 is 0 Å². The Morgan fingerprint density at radius 2 is 2.20 bits per heavy atom. The lowest BCUT2D eigenvalue weighted by Gasteiger charge is -2.24. The van der Waals surface area contributed by atoms with E-state index < -0.39 is 0 Å². The molecule has 1 N–H and O–H groups in total. The van der Waals surface area contributed by atoms with Crippen molar-refractivity contribution < 1.29 is 8.81 Å². The molecule has 0 bridgehead atoms. The summed E-state index contributed by atoms with van der Waals surface area (Å²) in [5, 5.41) is 3.04. The minimum absolute atomic E-state index is 0.156. The van der Waals surface area contributed by atoms with Crippen LogP contribution in [0, 0.1) is 5.82 Å². The largest absolute Gasteiger partial charge is 0.467 e. The average molecular weight is 274 g/mol. The lowest BCUT2D eigenvalue weighted by molar-refractivity contribution is 0.498. The van der Waals surface area contributed by atoms with Gasteiger partial charge < -0.3 is 14.6 Å². The molecule has 1 saturated carbocycles. The predicted octanol–water partition coefficient (Wildman–Crippen LogP) is 3.31. The van der Waals surface area contributed by atoms with Gasteiger partial charge in [0.25, 0.3) is 0 Å². The predicted molar refractivity (Wildman–Crippen MR) is 77.1 cm³/mol. The van der Waals surface area contributed by atoms with Crippen molar-refractivity contribution >= 4 is 5.69 Å². The molecule has 3 rings (SSSR count). The lowest BCUT2D eigenvalue weighted by Crippen LogP contribution is -2.25. The van der Waals surface area contributed by atoms with Crippen molar-refractivity contribution in [1.29, 1.82) is 0 Å². The van der Waals surface area contributed by atoms with Gasteiger partial charge in [-0.25, -0.2) is 4.39 Å². The molecule has 0 spiro atoms. The fourth-order valence-corrected chi connectivity index (χ4v) is 2.47. The first-order valence-corrected chi connectivity index (χ1v) is 7.00. The second-order valence-corrected chi connectivity index (χ2v) is 5.25. The Bertz CT molecular complexity index is 564. The molecule has 0 saturated heterocycles. The Balaban J connectivity index is 1.83. The van der Waals surface area contributed by atoms with Gasteiger partial charge >= 0.3 is 0 Å². The van der Waals surface area contributed by atoms with Crippen molar-refractivity contribution in [1.82, 2.24) is 5.32 Å². The van der Waals surface area contributed by atoms with Gasteiger partial charge in [-0.3, -0.25) is 0 Å². The zero-order valence-electron chi connectivity index (χ0n) is 11.6. The molecule has 1 aromatic heterocycles. The molecule has 4 heteroatoms. The van der Waals surface area contributed by atoms with Crippen LogP contribution in [-0.2, 0) is 13.1 Å². The van der Waals surface area contributed by atoms with E-state index in [1.54, 1.807) is 12.3 Å². The van der Waals surface area contributed by atoms with E-state index in [1.807, 2.05) is 31.3 Å². The molecule has 1 aliphatic carbocycles. The van der Waals surface area contributed by atoms with E-state index in [2.05, 4.69) is 10.2 Å². The summed E-state index contributed by atoms with van der Waals surface area (Å²) in [5.74, 6) is 0.715.